The van der Waals surface area contributed by atoms with E-state index in [0.29, 0.717) is 57.0 Å². The van der Waals surface area contributed by atoms with E-state index in [9.17, 15) is 15.0 Å². The largest absolute Gasteiger partial charge is 0.508 e. The fourth-order valence-corrected chi connectivity index (χ4v) is 8.38. The fourth-order valence-electron chi connectivity index (χ4n) is 7.41. The molecule has 2 heterocycles. The summed E-state index contributed by atoms with van der Waals surface area (Å²) in [6.45, 7) is 4.72. The summed E-state index contributed by atoms with van der Waals surface area (Å²) in [7, 11) is 0. The predicted molar refractivity (Wildman–Crippen MR) is 245 cm³/mol. The van der Waals surface area contributed by atoms with Crippen LogP contribution in [0.3, 0.4) is 0 Å². The molecule has 322 valence electrons. The topological polar surface area (TPSA) is 149 Å². The predicted octanol–water partition coefficient (Wildman–Crippen LogP) is 12.1. The minimum atomic E-state index is -0.510. The summed E-state index contributed by atoms with van der Waals surface area (Å²) in [5.74, 6) is 1.21. The third kappa shape index (κ3) is 11.1. The van der Waals surface area contributed by atoms with Gasteiger partial charge < -0.3 is 25.0 Å². The molecule has 3 N–H and O–H groups in total. The van der Waals surface area contributed by atoms with Gasteiger partial charge in [0.05, 0.1) is 34.9 Å². The number of para-hydroxylation sites is 3. The molecule has 7 aromatic rings. The second-order valence-corrected chi connectivity index (χ2v) is 16.3. The van der Waals surface area contributed by atoms with Gasteiger partial charge in [-0.05, 0) is 78.4 Å². The number of carbonyl (C=O) groups excluding carboxylic acids is 1. The Morgan fingerprint density at radius 2 is 1.34 bits per heavy atom. The molecule has 0 bridgehead atoms. The number of thioether (sulfide) groups is 1. The Hall–Kier alpha value is -6.34. The van der Waals surface area contributed by atoms with E-state index in [1.54, 1.807) is 51.8 Å². The van der Waals surface area contributed by atoms with Crippen molar-refractivity contribution < 1.29 is 24.5 Å². The van der Waals surface area contributed by atoms with E-state index >= 15 is 0 Å². The van der Waals surface area contributed by atoms with Crippen molar-refractivity contribution in [2.24, 2.45) is 0 Å². The molecular formula is C49H55N7O5S. The highest BCUT2D eigenvalue weighted by atomic mass is 32.2. The van der Waals surface area contributed by atoms with Crippen molar-refractivity contribution in [1.29, 1.82) is 0 Å². The number of aryl methyl sites for hydroxylation is 1. The molecule has 0 radical (unpaired) electrons. The molecule has 2 aromatic heterocycles. The Balaban J connectivity index is 1.07. The zero-order chi connectivity index (χ0) is 43.1. The molecule has 13 heteroatoms. The number of phenols is 2. The number of hydrogen-bond donors (Lipinski definition) is 3. The number of phenolic OH excluding ortho intramolecular Hbond substituents is 2. The number of aromatic hydroxyl groups is 2. The smallest absolute Gasteiger partial charge is 0.259 e. The van der Waals surface area contributed by atoms with Gasteiger partial charge in [-0.15, -0.1) is 5.10 Å². The van der Waals surface area contributed by atoms with Gasteiger partial charge in [0.1, 0.15) is 23.0 Å². The van der Waals surface area contributed by atoms with Crippen molar-refractivity contribution in [2.45, 2.75) is 102 Å². The Labute approximate surface area is 367 Å². The molecule has 0 saturated carbocycles. The summed E-state index contributed by atoms with van der Waals surface area (Å²) >= 11 is 1.40. The third-order valence-corrected chi connectivity index (χ3v) is 11.8. The molecule has 5 aromatic carbocycles. The zero-order valence-corrected chi connectivity index (χ0v) is 36.3. The monoisotopic (exact) mass is 853 g/mol. The summed E-state index contributed by atoms with van der Waals surface area (Å²) in [6.07, 6.45) is 15.2. The second-order valence-electron chi connectivity index (χ2n) is 15.4. The van der Waals surface area contributed by atoms with Gasteiger partial charge in [-0.25, -0.2) is 4.68 Å². The standard InChI is InChI=1S/C49H55N7O5S/c1-3-4-5-6-7-8-9-10-11-12-13-21-32-60-44-27-20-19-26-43(44)50-47(59)41-33-45(39-24-17-18-25-40(39)46(41)58)61-48-42(35(2)52-55(48)36-22-15-14-16-23-36)34-62-49-51-53-54-56(49)37-28-30-38(57)31-29-37/h14-20,22-31,33,57-58H,3-13,21,32,34H2,1-2H3,(H,50,59). The van der Waals surface area contributed by atoms with E-state index in [-0.39, 0.29) is 17.1 Å². The second kappa shape index (κ2) is 22.0. The van der Waals surface area contributed by atoms with E-state index in [2.05, 4.69) is 27.8 Å². The Morgan fingerprint density at radius 1 is 0.710 bits per heavy atom. The van der Waals surface area contributed by atoms with Gasteiger partial charge in [-0.3, -0.25) is 4.79 Å². The average molecular weight is 854 g/mol. The fraction of sp³-hybridized carbons (Fsp3) is 0.327. The minimum absolute atomic E-state index is 0.0426. The van der Waals surface area contributed by atoms with Crippen LogP contribution in [0.5, 0.6) is 28.9 Å². The molecule has 0 aliphatic carbocycles. The molecule has 12 nitrogen and oxygen atoms in total. The lowest BCUT2D eigenvalue weighted by atomic mass is 10.0. The van der Waals surface area contributed by atoms with E-state index in [1.165, 1.54) is 76.0 Å². The number of carbonyl (C=O) groups is 1. The number of benzene rings is 5. The lowest BCUT2D eigenvalue weighted by Crippen LogP contribution is -2.14. The molecule has 0 atom stereocenters. The number of amides is 1. The lowest BCUT2D eigenvalue weighted by molar-refractivity contribution is 0.102. The van der Waals surface area contributed by atoms with Crippen LogP contribution in [0.2, 0.25) is 0 Å². The zero-order valence-electron chi connectivity index (χ0n) is 35.5. The molecule has 0 unspecified atom stereocenters. The van der Waals surface area contributed by atoms with E-state index < -0.39 is 5.91 Å². The highest BCUT2D eigenvalue weighted by Crippen LogP contribution is 2.41. The van der Waals surface area contributed by atoms with Gasteiger partial charge in [-0.1, -0.05) is 144 Å². The van der Waals surface area contributed by atoms with Gasteiger partial charge in [0.25, 0.3) is 5.91 Å². The van der Waals surface area contributed by atoms with Crippen LogP contribution in [0.25, 0.3) is 22.1 Å². The van der Waals surface area contributed by atoms with Crippen LogP contribution in [0.15, 0.2) is 114 Å². The van der Waals surface area contributed by atoms with Gasteiger partial charge >= 0.3 is 0 Å². The highest BCUT2D eigenvalue weighted by molar-refractivity contribution is 7.98. The number of aromatic nitrogens is 6. The summed E-state index contributed by atoms with van der Waals surface area (Å²) in [5.41, 5.74) is 3.53. The van der Waals surface area contributed by atoms with Crippen LogP contribution < -0.4 is 14.8 Å². The van der Waals surface area contributed by atoms with Crippen LogP contribution in [-0.2, 0) is 5.75 Å². The maximum atomic E-state index is 14.1. The lowest BCUT2D eigenvalue weighted by Gasteiger charge is -2.17. The van der Waals surface area contributed by atoms with Gasteiger partial charge in [-0.2, -0.15) is 9.78 Å². The number of fused-ring (bicyclic) bond motifs is 1. The minimum Gasteiger partial charge on any atom is -0.508 e. The maximum Gasteiger partial charge on any atom is 0.259 e. The molecule has 0 aliphatic rings. The first-order valence-corrected chi connectivity index (χ1v) is 22.7. The van der Waals surface area contributed by atoms with Gasteiger partial charge in [0, 0.05) is 22.1 Å². The number of anilines is 1. The molecule has 7 rings (SSSR count). The van der Waals surface area contributed by atoms with Crippen molar-refractivity contribution in [1.82, 2.24) is 30.0 Å². The van der Waals surface area contributed by atoms with Crippen LogP contribution in [0.1, 0.15) is 106 Å². The first-order valence-electron chi connectivity index (χ1n) is 21.7. The molecule has 0 fully saturated rings. The maximum absolute atomic E-state index is 14.1. The number of nitrogens with zero attached hydrogens (tertiary/aromatic N) is 6. The average Bonchev–Trinajstić information content (AvgIpc) is 3.89. The van der Waals surface area contributed by atoms with E-state index in [1.807, 2.05) is 73.7 Å². The number of nitrogens with one attached hydrogen (secondary N) is 1. The number of rotatable bonds is 23. The van der Waals surface area contributed by atoms with E-state index in [4.69, 9.17) is 14.6 Å². The van der Waals surface area contributed by atoms with Crippen LogP contribution >= 0.6 is 11.8 Å². The number of ether oxygens (including phenoxy) is 2. The van der Waals surface area contributed by atoms with E-state index in [0.717, 1.165) is 29.8 Å². The first-order chi connectivity index (χ1) is 30.4. The molecule has 0 aliphatic heterocycles. The number of hydrogen-bond acceptors (Lipinski definition) is 10. The first kappa shape index (κ1) is 43.7. The van der Waals surface area contributed by atoms with Gasteiger partial charge in [0.15, 0.2) is 0 Å². The van der Waals surface area contributed by atoms with Crippen LogP contribution in [0.4, 0.5) is 5.69 Å². The van der Waals surface area contributed by atoms with Crippen LogP contribution in [0, 0.1) is 6.92 Å². The van der Waals surface area contributed by atoms with Crippen LogP contribution in [-0.4, -0.2) is 52.7 Å². The van der Waals surface area contributed by atoms with Crippen molar-refractivity contribution in [3.8, 4) is 40.3 Å². The van der Waals surface area contributed by atoms with Crippen molar-refractivity contribution >= 4 is 34.1 Å². The van der Waals surface area contributed by atoms with Crippen molar-refractivity contribution in [2.75, 3.05) is 11.9 Å². The number of tetrazole rings is 1. The summed E-state index contributed by atoms with van der Waals surface area (Å²) < 4.78 is 16.4. The SMILES string of the molecule is CCCCCCCCCCCCCCOc1ccccc1NC(=O)c1cc(Oc2c(CSc3nnnn3-c3ccc(O)cc3)c(C)nn2-c2ccccc2)c2ccccc2c1O. The summed E-state index contributed by atoms with van der Waals surface area (Å²) in [4.78, 5) is 14.1. The Morgan fingerprint density at radius 3 is 2.06 bits per heavy atom. The Kier molecular flexibility index (Phi) is 15.5. The molecule has 0 saturated heterocycles. The quantitative estimate of drug-likeness (QED) is 0.0419. The molecule has 1 amide bonds. The van der Waals surface area contributed by atoms with Crippen molar-refractivity contribution in [3.63, 3.8) is 0 Å². The molecule has 62 heavy (non-hydrogen) atoms. The molecule has 0 spiro atoms. The highest BCUT2D eigenvalue weighted by Gasteiger charge is 2.25. The van der Waals surface area contributed by atoms with Gasteiger partial charge in [0.2, 0.25) is 11.0 Å². The Bertz CT molecular complexity index is 2520. The normalized spacial score (nSPS) is 11.3. The van der Waals surface area contributed by atoms with Crippen molar-refractivity contribution in [3.05, 3.63) is 126 Å². The summed E-state index contributed by atoms with van der Waals surface area (Å²) in [6, 6.07) is 32.5. The third-order valence-electron chi connectivity index (χ3n) is 10.8. The molecular weight excluding hydrogens is 799 g/mol. The number of unbranched alkanes of at least 4 members (excludes halogenated alkanes) is 11. The summed E-state index contributed by atoms with van der Waals surface area (Å²) in [5, 5.41) is 43.3.